The minimum atomic E-state index is -5.43. The number of hydrogen-bond donors (Lipinski definition) is 0. The first-order valence-electron chi connectivity index (χ1n) is 23.8. The molecule has 7 aromatic carbocycles. The van der Waals surface area contributed by atoms with Crippen LogP contribution >= 0.6 is 0 Å². The first-order valence-corrected chi connectivity index (χ1v) is 23.3. The first-order chi connectivity index (χ1) is 32.8. The number of para-hydroxylation sites is 2. The molecule has 3 nitrogen and oxygen atoms in total. The van der Waals surface area contributed by atoms with Crippen LogP contribution in [0.3, 0.4) is 0 Å². The number of imidazole rings is 1. The zero-order chi connectivity index (χ0) is 48.8. The highest BCUT2D eigenvalue weighted by Gasteiger charge is 2.70. The summed E-state index contributed by atoms with van der Waals surface area (Å²) in [5.74, 6) is -0.257. The van der Waals surface area contributed by atoms with Gasteiger partial charge in [-0.3, -0.25) is 0 Å². The van der Waals surface area contributed by atoms with Crippen LogP contribution < -0.4 is 4.57 Å². The van der Waals surface area contributed by atoms with Crippen molar-refractivity contribution in [2.75, 3.05) is 0 Å². The third-order valence-corrected chi connectivity index (χ3v) is 14.5. The summed E-state index contributed by atoms with van der Waals surface area (Å²) in [6.45, 7) is 11.1. The predicted molar refractivity (Wildman–Crippen MR) is 262 cm³/mol. The van der Waals surface area contributed by atoms with Gasteiger partial charge in [-0.2, -0.15) is 30.9 Å². The molecule has 0 amide bonds. The van der Waals surface area contributed by atoms with Crippen molar-refractivity contribution in [2.45, 2.75) is 90.4 Å². The molecule has 2 aromatic heterocycles. The number of fused-ring (bicyclic) bond motifs is 4. The van der Waals surface area contributed by atoms with Crippen LogP contribution in [0.2, 0.25) is 0 Å². The second kappa shape index (κ2) is 16.9. The molecule has 10 rings (SSSR count). The monoisotopic (exact) mass is 920 g/mol. The molecule has 2 heterocycles. The molecule has 0 atom stereocenters. The molecule has 1 saturated carbocycles. The van der Waals surface area contributed by atoms with Crippen LogP contribution in [0.4, 0.5) is 26.3 Å². The average molecular weight is 921 g/mol. The molecule has 9 aromatic rings. The van der Waals surface area contributed by atoms with E-state index in [9.17, 15) is 26.3 Å². The molecule has 0 N–H and O–H groups in total. The van der Waals surface area contributed by atoms with Crippen molar-refractivity contribution in [1.29, 1.82) is 0 Å². The zero-order valence-corrected chi connectivity index (χ0v) is 38.9. The molecule has 0 bridgehead atoms. The summed E-state index contributed by atoms with van der Waals surface area (Å²) < 4.78 is 103. The zero-order valence-electron chi connectivity index (χ0n) is 39.9. The molecule has 1 aliphatic rings. The van der Waals surface area contributed by atoms with Gasteiger partial charge in [-0.1, -0.05) is 137 Å². The fourth-order valence-electron chi connectivity index (χ4n) is 10.6. The van der Waals surface area contributed by atoms with Crippen molar-refractivity contribution in [2.24, 2.45) is 12.5 Å². The summed E-state index contributed by atoms with van der Waals surface area (Å²) in [5.41, 5.74) is 12.2. The SMILES string of the molecule is [2H]C1(c2ccc(-c3ccc(-c4cc(C(C)C)c(-n5c(-c6c(C)ccc7c6oc6cc(-c8ccccc8)ccc67)[n+](C)c6ccccc65)c(C(C)C)c4)cc3)cc2)CCC(C(F)(F)F)(C(F)(F)F)CC1. The Morgan fingerprint density at radius 1 is 0.618 bits per heavy atom. The minimum Gasteiger partial charge on any atom is -0.455 e. The summed E-state index contributed by atoms with van der Waals surface area (Å²) in [5, 5.41) is 2.12. The van der Waals surface area contributed by atoms with E-state index in [1.165, 1.54) is 11.1 Å². The summed E-state index contributed by atoms with van der Waals surface area (Å²) in [7, 11) is 2.14. The van der Waals surface area contributed by atoms with Gasteiger partial charge in [0.15, 0.2) is 22.0 Å². The van der Waals surface area contributed by atoms with Crippen LogP contribution in [0.1, 0.15) is 94.7 Å². The van der Waals surface area contributed by atoms with Gasteiger partial charge in [-0.25, -0.2) is 4.57 Å². The number of benzene rings is 7. The number of nitrogens with zero attached hydrogens (tertiary/aromatic N) is 2. The van der Waals surface area contributed by atoms with Crippen LogP contribution in [0, 0.1) is 12.3 Å². The standard InChI is InChI=1S/C59H53F6N2O/c1-35(2)48-32-45(42-23-21-40(22-24-42)39-17-19-41(20-18-39)43-28-30-57(31-29-43,58(60,61)62)59(63,64)65)33-49(36(3)4)54(48)67-51-15-11-10-14-50(51)66(6)56(67)53-37(5)16-26-47-46-27-25-44(34-52(46)68-55(47)53)38-12-8-7-9-13-38/h7-27,32-36,43H,28-31H2,1-6H3/q+1/i43D. The highest BCUT2D eigenvalue weighted by molar-refractivity contribution is 6.10. The van der Waals surface area contributed by atoms with E-state index in [0.29, 0.717) is 5.56 Å². The van der Waals surface area contributed by atoms with E-state index in [2.05, 4.69) is 142 Å². The third-order valence-electron chi connectivity index (χ3n) is 14.5. The Morgan fingerprint density at radius 3 is 1.72 bits per heavy atom. The summed E-state index contributed by atoms with van der Waals surface area (Å²) in [4.78, 5) is 0. The number of rotatable bonds is 8. The van der Waals surface area contributed by atoms with Crippen molar-refractivity contribution >= 4 is 33.0 Å². The van der Waals surface area contributed by atoms with Gasteiger partial charge in [0.2, 0.25) is 0 Å². The van der Waals surface area contributed by atoms with Gasteiger partial charge in [0.1, 0.15) is 16.8 Å². The van der Waals surface area contributed by atoms with E-state index in [4.69, 9.17) is 5.79 Å². The maximum atomic E-state index is 13.8. The van der Waals surface area contributed by atoms with Crippen molar-refractivity contribution in [3.8, 4) is 50.5 Å². The molecular weight excluding hydrogens is 867 g/mol. The number of alkyl halides is 6. The average Bonchev–Trinajstić information content (AvgIpc) is 3.84. The van der Waals surface area contributed by atoms with Crippen LogP contribution in [0.15, 0.2) is 150 Å². The van der Waals surface area contributed by atoms with E-state index in [1.807, 2.05) is 30.3 Å². The summed E-state index contributed by atoms with van der Waals surface area (Å²) in [6.07, 6.45) is -14.3. The number of hydrogen-bond acceptors (Lipinski definition) is 1. The van der Waals surface area contributed by atoms with Crippen LogP contribution in [0.25, 0.3) is 83.4 Å². The van der Waals surface area contributed by atoms with Gasteiger partial charge in [-0.15, -0.1) is 0 Å². The Labute approximate surface area is 394 Å². The van der Waals surface area contributed by atoms with E-state index in [1.54, 1.807) is 24.3 Å². The topological polar surface area (TPSA) is 21.9 Å². The van der Waals surface area contributed by atoms with Crippen molar-refractivity contribution in [1.82, 2.24) is 4.57 Å². The van der Waals surface area contributed by atoms with Gasteiger partial charge < -0.3 is 4.42 Å². The molecule has 0 aliphatic heterocycles. The Kier molecular flexibility index (Phi) is 10.9. The van der Waals surface area contributed by atoms with E-state index in [-0.39, 0.29) is 11.8 Å². The lowest BCUT2D eigenvalue weighted by Crippen LogP contribution is -2.51. The van der Waals surface area contributed by atoms with Crippen LogP contribution in [0.5, 0.6) is 0 Å². The maximum Gasteiger partial charge on any atom is 0.403 e. The third kappa shape index (κ3) is 7.49. The molecule has 1 aliphatic carbocycles. The smallest absolute Gasteiger partial charge is 0.403 e. The fraction of sp³-hybridized carbons (Fsp3) is 0.271. The predicted octanol–water partition coefficient (Wildman–Crippen LogP) is 17.3. The number of halogens is 6. The van der Waals surface area contributed by atoms with Crippen LogP contribution in [-0.4, -0.2) is 16.9 Å². The molecule has 1 fully saturated rings. The second-order valence-electron chi connectivity index (χ2n) is 19.2. The van der Waals surface area contributed by atoms with Crippen molar-refractivity contribution in [3.05, 3.63) is 168 Å². The number of aromatic nitrogens is 2. The lowest BCUT2D eigenvalue weighted by Gasteiger charge is -2.42. The minimum absolute atomic E-state index is 0.136. The Balaban J connectivity index is 1.04. The number of aryl methyl sites for hydroxylation is 2. The molecular formula is C59H53F6N2O+. The highest BCUT2D eigenvalue weighted by Crippen LogP contribution is 2.60. The number of furan rings is 1. The Bertz CT molecular complexity index is 3340. The molecule has 0 spiro atoms. The largest absolute Gasteiger partial charge is 0.455 e. The van der Waals surface area contributed by atoms with Gasteiger partial charge in [-0.05, 0) is 131 Å². The molecule has 9 heteroatoms. The second-order valence-corrected chi connectivity index (χ2v) is 19.2. The quantitative estimate of drug-likeness (QED) is 0.110. The molecule has 0 radical (unpaired) electrons. The van der Waals surface area contributed by atoms with Gasteiger partial charge in [0.25, 0.3) is 5.82 Å². The Hall–Kier alpha value is -6.61. The summed E-state index contributed by atoms with van der Waals surface area (Å²) >= 11 is 0. The van der Waals surface area contributed by atoms with E-state index < -0.39 is 49.3 Å². The molecule has 346 valence electrons. The van der Waals surface area contributed by atoms with Gasteiger partial charge in [0.05, 0.1) is 7.05 Å². The highest BCUT2D eigenvalue weighted by atomic mass is 19.4. The Morgan fingerprint density at radius 2 is 1.13 bits per heavy atom. The lowest BCUT2D eigenvalue weighted by atomic mass is 9.68. The molecule has 0 unspecified atom stereocenters. The van der Waals surface area contributed by atoms with E-state index in [0.717, 1.165) is 89.0 Å². The fourth-order valence-corrected chi connectivity index (χ4v) is 10.6. The van der Waals surface area contributed by atoms with Crippen LogP contribution in [-0.2, 0) is 7.05 Å². The summed E-state index contributed by atoms with van der Waals surface area (Å²) in [6, 6.07) is 49.5. The van der Waals surface area contributed by atoms with Crippen molar-refractivity contribution in [3.63, 3.8) is 0 Å². The molecule has 0 saturated heterocycles. The lowest BCUT2D eigenvalue weighted by molar-refractivity contribution is -0.633. The maximum absolute atomic E-state index is 13.8. The van der Waals surface area contributed by atoms with Gasteiger partial charge in [0, 0.05) is 23.3 Å². The molecule has 68 heavy (non-hydrogen) atoms. The van der Waals surface area contributed by atoms with E-state index >= 15 is 0 Å². The van der Waals surface area contributed by atoms with Gasteiger partial charge >= 0.3 is 12.4 Å². The van der Waals surface area contributed by atoms with Crippen molar-refractivity contribution < 1.29 is 36.7 Å². The first kappa shape index (κ1) is 43.9. The normalized spacial score (nSPS) is 15.5.